The third kappa shape index (κ3) is 3.14. The van der Waals surface area contributed by atoms with Crippen molar-refractivity contribution < 1.29 is 4.74 Å². The van der Waals surface area contributed by atoms with E-state index in [-0.39, 0.29) is 0 Å². The summed E-state index contributed by atoms with van der Waals surface area (Å²) in [4.78, 5) is 5.96. The van der Waals surface area contributed by atoms with E-state index in [9.17, 15) is 0 Å². The second-order valence-corrected chi connectivity index (χ2v) is 6.50. The van der Waals surface area contributed by atoms with Crippen LogP contribution in [0.15, 0.2) is 24.3 Å². The lowest BCUT2D eigenvalue weighted by atomic mass is 10.2. The van der Waals surface area contributed by atoms with Crippen LogP contribution >= 0.6 is 22.9 Å². The molecule has 5 heteroatoms. The molecule has 1 aliphatic rings. The van der Waals surface area contributed by atoms with Gasteiger partial charge < -0.3 is 10.5 Å². The van der Waals surface area contributed by atoms with Crippen molar-refractivity contribution in [2.45, 2.75) is 31.7 Å². The summed E-state index contributed by atoms with van der Waals surface area (Å²) in [6.07, 6.45) is 3.31. The predicted molar refractivity (Wildman–Crippen MR) is 82.6 cm³/mol. The van der Waals surface area contributed by atoms with Gasteiger partial charge in [0.25, 0.3) is 0 Å². The Kier molecular flexibility index (Phi) is 4.24. The molecular weight excluding hydrogens is 292 g/mol. The van der Waals surface area contributed by atoms with Crippen molar-refractivity contribution in [3.63, 3.8) is 0 Å². The Bertz CT molecular complexity index is 595. The second-order valence-electron chi connectivity index (χ2n) is 4.92. The van der Waals surface area contributed by atoms with Crippen molar-refractivity contribution in [1.82, 2.24) is 4.98 Å². The second kappa shape index (κ2) is 6.12. The van der Waals surface area contributed by atoms with Crippen LogP contribution in [0, 0.1) is 0 Å². The van der Waals surface area contributed by atoms with Gasteiger partial charge in [0.2, 0.25) is 0 Å². The van der Waals surface area contributed by atoms with Gasteiger partial charge in [-0.15, -0.1) is 11.3 Å². The third-order valence-electron chi connectivity index (χ3n) is 3.33. The summed E-state index contributed by atoms with van der Waals surface area (Å²) < 4.78 is 5.70. The molecule has 0 spiro atoms. The summed E-state index contributed by atoms with van der Waals surface area (Å²) in [5.41, 5.74) is 7.02. The van der Waals surface area contributed by atoms with E-state index in [0.717, 1.165) is 17.2 Å². The summed E-state index contributed by atoms with van der Waals surface area (Å²) in [5.74, 6) is 1.38. The van der Waals surface area contributed by atoms with E-state index in [1.54, 1.807) is 11.3 Å². The molecule has 2 N–H and O–H groups in total. The number of nitrogens with two attached hydrogens (primary N) is 1. The Morgan fingerprint density at radius 2 is 2.15 bits per heavy atom. The summed E-state index contributed by atoms with van der Waals surface area (Å²) in [6, 6.07) is 7.52. The molecule has 0 atom stereocenters. The van der Waals surface area contributed by atoms with Gasteiger partial charge in [-0.2, -0.15) is 0 Å². The molecule has 3 nitrogen and oxygen atoms in total. The lowest BCUT2D eigenvalue weighted by Gasteiger charge is -2.06. The first-order valence-corrected chi connectivity index (χ1v) is 8.03. The molecule has 0 bridgehead atoms. The molecule has 0 amide bonds. The largest absolute Gasteiger partial charge is 0.492 e. The summed E-state index contributed by atoms with van der Waals surface area (Å²) >= 11 is 7.77. The number of aromatic nitrogens is 1. The van der Waals surface area contributed by atoms with Gasteiger partial charge in [-0.25, -0.2) is 4.98 Å². The van der Waals surface area contributed by atoms with Gasteiger partial charge in [0.15, 0.2) is 0 Å². The van der Waals surface area contributed by atoms with Gasteiger partial charge in [0.05, 0.1) is 22.3 Å². The number of hydrogen-bond donors (Lipinski definition) is 1. The van der Waals surface area contributed by atoms with Crippen LogP contribution < -0.4 is 10.5 Å². The zero-order chi connectivity index (χ0) is 13.9. The maximum absolute atomic E-state index is 6.05. The van der Waals surface area contributed by atoms with Gasteiger partial charge in [0, 0.05) is 23.8 Å². The maximum Gasteiger partial charge on any atom is 0.137 e. The fourth-order valence-electron chi connectivity index (χ4n) is 2.15. The molecule has 0 saturated heterocycles. The molecule has 1 saturated carbocycles. The van der Waals surface area contributed by atoms with E-state index in [1.807, 2.05) is 24.3 Å². The van der Waals surface area contributed by atoms with Gasteiger partial charge in [0.1, 0.15) is 5.75 Å². The average molecular weight is 309 g/mol. The first-order chi connectivity index (χ1) is 9.78. The number of rotatable bonds is 6. The fraction of sp³-hybridized carbons (Fsp3) is 0.400. The molecule has 1 aromatic heterocycles. The highest BCUT2D eigenvalue weighted by Crippen LogP contribution is 2.42. The van der Waals surface area contributed by atoms with E-state index < -0.39 is 0 Å². The number of hydrogen-bond acceptors (Lipinski definition) is 4. The SMILES string of the molecule is NCc1sc(CCOc2ccccc2Cl)nc1C1CC1. The van der Waals surface area contributed by atoms with Gasteiger partial charge >= 0.3 is 0 Å². The molecule has 0 aliphatic heterocycles. The molecule has 1 aromatic carbocycles. The highest BCUT2D eigenvalue weighted by Gasteiger charge is 2.29. The van der Waals surface area contributed by atoms with Crippen molar-refractivity contribution in [3.05, 3.63) is 44.9 Å². The molecule has 0 radical (unpaired) electrons. The van der Waals surface area contributed by atoms with Crippen molar-refractivity contribution in [2.24, 2.45) is 5.73 Å². The highest BCUT2D eigenvalue weighted by molar-refractivity contribution is 7.11. The van der Waals surface area contributed by atoms with Crippen LogP contribution in [0.5, 0.6) is 5.75 Å². The van der Waals surface area contributed by atoms with E-state index in [0.29, 0.717) is 24.1 Å². The Morgan fingerprint density at radius 1 is 1.35 bits per heavy atom. The van der Waals surface area contributed by atoms with Crippen LogP contribution in [0.3, 0.4) is 0 Å². The van der Waals surface area contributed by atoms with Crippen LogP contribution in [0.1, 0.15) is 34.3 Å². The van der Waals surface area contributed by atoms with E-state index in [2.05, 4.69) is 0 Å². The Morgan fingerprint density at radius 3 is 2.85 bits per heavy atom. The Hall–Kier alpha value is -1.10. The molecule has 1 aliphatic carbocycles. The van der Waals surface area contributed by atoms with Crippen molar-refractivity contribution in [1.29, 1.82) is 0 Å². The minimum atomic E-state index is 0.589. The predicted octanol–water partition coefficient (Wildman–Crippen LogP) is 3.75. The van der Waals surface area contributed by atoms with Crippen LogP contribution in [0.25, 0.3) is 0 Å². The van der Waals surface area contributed by atoms with Crippen LogP contribution in [-0.4, -0.2) is 11.6 Å². The maximum atomic E-state index is 6.05. The molecule has 106 valence electrons. The van der Waals surface area contributed by atoms with Crippen LogP contribution in [0.2, 0.25) is 5.02 Å². The summed E-state index contributed by atoms with van der Waals surface area (Å²) in [6.45, 7) is 1.18. The first kappa shape index (κ1) is 13.9. The lowest BCUT2D eigenvalue weighted by molar-refractivity contribution is 0.322. The first-order valence-electron chi connectivity index (χ1n) is 6.84. The molecule has 1 heterocycles. The summed E-state index contributed by atoms with van der Waals surface area (Å²) in [7, 11) is 0. The Labute approximate surface area is 127 Å². The lowest BCUT2D eigenvalue weighted by Crippen LogP contribution is -2.01. The average Bonchev–Trinajstić information content (AvgIpc) is 3.22. The number of thiazole rings is 1. The van der Waals surface area contributed by atoms with E-state index in [4.69, 9.17) is 27.1 Å². The van der Waals surface area contributed by atoms with E-state index in [1.165, 1.54) is 23.4 Å². The molecule has 2 aromatic rings. The minimum absolute atomic E-state index is 0.589. The van der Waals surface area contributed by atoms with Crippen molar-refractivity contribution in [3.8, 4) is 5.75 Å². The highest BCUT2D eigenvalue weighted by atomic mass is 35.5. The fourth-order valence-corrected chi connectivity index (χ4v) is 3.36. The third-order valence-corrected chi connectivity index (χ3v) is 4.80. The number of ether oxygens (including phenoxy) is 1. The quantitative estimate of drug-likeness (QED) is 0.884. The normalized spacial score (nSPS) is 14.5. The van der Waals surface area contributed by atoms with Gasteiger partial charge in [-0.3, -0.25) is 0 Å². The Balaban J connectivity index is 1.60. The molecular formula is C15H17ClN2OS. The van der Waals surface area contributed by atoms with Crippen molar-refractivity contribution in [2.75, 3.05) is 6.61 Å². The minimum Gasteiger partial charge on any atom is -0.492 e. The molecule has 3 rings (SSSR count). The van der Waals surface area contributed by atoms with Crippen LogP contribution in [-0.2, 0) is 13.0 Å². The monoisotopic (exact) mass is 308 g/mol. The summed E-state index contributed by atoms with van der Waals surface area (Å²) in [5, 5.41) is 1.76. The smallest absolute Gasteiger partial charge is 0.137 e. The van der Waals surface area contributed by atoms with Crippen molar-refractivity contribution >= 4 is 22.9 Å². The van der Waals surface area contributed by atoms with Gasteiger partial charge in [-0.1, -0.05) is 23.7 Å². The topological polar surface area (TPSA) is 48.1 Å². The molecule has 20 heavy (non-hydrogen) atoms. The standard InChI is InChI=1S/C15H17ClN2OS/c16-11-3-1-2-4-12(11)19-8-7-14-18-15(10-5-6-10)13(9-17)20-14/h1-4,10H,5-9,17H2. The van der Waals surface area contributed by atoms with Crippen LogP contribution in [0.4, 0.5) is 0 Å². The number of halogens is 1. The number of benzene rings is 1. The number of para-hydroxylation sites is 1. The zero-order valence-electron chi connectivity index (χ0n) is 11.1. The molecule has 1 fully saturated rings. The van der Waals surface area contributed by atoms with E-state index >= 15 is 0 Å². The zero-order valence-corrected chi connectivity index (χ0v) is 12.7. The molecule has 0 unspecified atom stereocenters. The van der Waals surface area contributed by atoms with Gasteiger partial charge in [-0.05, 0) is 25.0 Å². The number of nitrogens with zero attached hydrogens (tertiary/aromatic N) is 1.